The van der Waals surface area contributed by atoms with E-state index in [0.29, 0.717) is 5.02 Å². The zero-order chi connectivity index (χ0) is 13.1. The summed E-state index contributed by atoms with van der Waals surface area (Å²) in [5.74, 6) is 0.821. The molecule has 0 saturated carbocycles. The molecular weight excluding hydrogens is 246 g/mol. The smallest absolute Gasteiger partial charge is 0.0776 e. The third-order valence-electron chi connectivity index (χ3n) is 3.82. The summed E-state index contributed by atoms with van der Waals surface area (Å²) in [4.78, 5) is 2.40. The summed E-state index contributed by atoms with van der Waals surface area (Å²) in [6.07, 6.45) is 3.30. The van der Waals surface area contributed by atoms with Gasteiger partial charge in [-0.1, -0.05) is 24.6 Å². The highest BCUT2D eigenvalue weighted by Gasteiger charge is 2.15. The van der Waals surface area contributed by atoms with Gasteiger partial charge in [0, 0.05) is 23.8 Å². The molecule has 0 spiro atoms. The summed E-state index contributed by atoms with van der Waals surface area (Å²) < 4.78 is 0. The highest BCUT2D eigenvalue weighted by Crippen LogP contribution is 2.29. The van der Waals surface area contributed by atoms with Crippen LogP contribution < -0.4 is 4.90 Å². The lowest BCUT2D eigenvalue weighted by atomic mass is 10.0. The van der Waals surface area contributed by atoms with Crippen molar-refractivity contribution in [1.82, 2.24) is 0 Å². The molecule has 2 nitrogen and oxygen atoms in total. The van der Waals surface area contributed by atoms with E-state index in [4.69, 9.17) is 11.6 Å². The van der Waals surface area contributed by atoms with Crippen LogP contribution in [-0.4, -0.2) is 18.2 Å². The standard InChI is InChI=1S/C15H22ClNO/c1-11-4-3-8-17(9-7-11)13-5-6-14(12(2)18)15(16)10-13/h5-6,10-12,18H,3-4,7-9H2,1-2H3. The van der Waals surface area contributed by atoms with Crippen molar-refractivity contribution in [2.45, 2.75) is 39.2 Å². The second-order valence-electron chi connectivity index (χ2n) is 5.40. The van der Waals surface area contributed by atoms with Gasteiger partial charge in [-0.15, -0.1) is 0 Å². The van der Waals surface area contributed by atoms with E-state index in [9.17, 15) is 5.11 Å². The van der Waals surface area contributed by atoms with Crippen LogP contribution in [0, 0.1) is 5.92 Å². The van der Waals surface area contributed by atoms with Gasteiger partial charge in [-0.05, 0) is 49.8 Å². The Balaban J connectivity index is 2.15. The minimum absolute atomic E-state index is 0.504. The van der Waals surface area contributed by atoms with Gasteiger partial charge in [0.1, 0.15) is 0 Å². The van der Waals surface area contributed by atoms with Crippen LogP contribution in [0.3, 0.4) is 0 Å². The van der Waals surface area contributed by atoms with E-state index in [1.54, 1.807) is 6.92 Å². The Morgan fingerprint density at radius 1 is 1.33 bits per heavy atom. The minimum Gasteiger partial charge on any atom is -0.389 e. The van der Waals surface area contributed by atoms with Crippen molar-refractivity contribution in [3.8, 4) is 0 Å². The van der Waals surface area contributed by atoms with Crippen LogP contribution in [0.1, 0.15) is 44.8 Å². The SMILES string of the molecule is CC1CCCN(c2ccc(C(C)O)c(Cl)c2)CC1. The van der Waals surface area contributed by atoms with Crippen LogP contribution in [0.4, 0.5) is 5.69 Å². The Bertz CT molecular complexity index is 405. The largest absolute Gasteiger partial charge is 0.389 e. The maximum absolute atomic E-state index is 9.59. The molecule has 0 bridgehead atoms. The van der Waals surface area contributed by atoms with Crippen LogP contribution in [0.2, 0.25) is 5.02 Å². The molecule has 1 saturated heterocycles. The first kappa shape index (κ1) is 13.7. The Hall–Kier alpha value is -0.730. The van der Waals surface area contributed by atoms with E-state index < -0.39 is 6.10 Å². The summed E-state index contributed by atoms with van der Waals surface area (Å²) >= 11 is 6.23. The van der Waals surface area contributed by atoms with E-state index in [-0.39, 0.29) is 0 Å². The van der Waals surface area contributed by atoms with Crippen molar-refractivity contribution in [1.29, 1.82) is 0 Å². The van der Waals surface area contributed by atoms with Gasteiger partial charge in [-0.2, -0.15) is 0 Å². The molecule has 0 radical (unpaired) electrons. The number of hydrogen-bond donors (Lipinski definition) is 1. The van der Waals surface area contributed by atoms with E-state index in [2.05, 4.69) is 17.9 Å². The lowest BCUT2D eigenvalue weighted by Gasteiger charge is -2.23. The van der Waals surface area contributed by atoms with Gasteiger partial charge in [0.15, 0.2) is 0 Å². The molecule has 1 N–H and O–H groups in total. The Morgan fingerprint density at radius 2 is 2.11 bits per heavy atom. The van der Waals surface area contributed by atoms with Crippen LogP contribution in [-0.2, 0) is 0 Å². The average molecular weight is 268 g/mol. The number of nitrogens with zero attached hydrogens (tertiary/aromatic N) is 1. The van der Waals surface area contributed by atoms with Crippen molar-refractivity contribution in [3.63, 3.8) is 0 Å². The molecule has 1 heterocycles. The Labute approximate surface area is 115 Å². The van der Waals surface area contributed by atoms with Crippen LogP contribution in [0.25, 0.3) is 0 Å². The molecule has 2 atom stereocenters. The average Bonchev–Trinajstić information content (AvgIpc) is 2.53. The number of rotatable bonds is 2. The van der Waals surface area contributed by atoms with Gasteiger partial charge in [0.2, 0.25) is 0 Å². The maximum atomic E-state index is 9.59. The van der Waals surface area contributed by atoms with E-state index in [1.807, 2.05) is 12.1 Å². The molecule has 18 heavy (non-hydrogen) atoms. The Morgan fingerprint density at radius 3 is 2.78 bits per heavy atom. The quantitative estimate of drug-likeness (QED) is 0.875. The van der Waals surface area contributed by atoms with E-state index in [0.717, 1.165) is 24.6 Å². The number of hydrogen-bond acceptors (Lipinski definition) is 2. The molecule has 2 rings (SSSR count). The van der Waals surface area contributed by atoms with Crippen molar-refractivity contribution in [2.24, 2.45) is 5.92 Å². The van der Waals surface area contributed by atoms with Gasteiger partial charge in [-0.25, -0.2) is 0 Å². The van der Waals surface area contributed by atoms with Crippen LogP contribution in [0.15, 0.2) is 18.2 Å². The lowest BCUT2D eigenvalue weighted by Crippen LogP contribution is -2.24. The molecule has 1 aliphatic rings. The van der Waals surface area contributed by atoms with Crippen molar-refractivity contribution in [3.05, 3.63) is 28.8 Å². The fourth-order valence-corrected chi connectivity index (χ4v) is 2.91. The van der Waals surface area contributed by atoms with Crippen molar-refractivity contribution < 1.29 is 5.11 Å². The zero-order valence-corrected chi connectivity index (χ0v) is 12.0. The molecular formula is C15H22ClNO. The number of aliphatic hydroxyl groups excluding tert-OH is 1. The summed E-state index contributed by atoms with van der Waals surface area (Å²) in [6.45, 7) is 6.28. The summed E-state index contributed by atoms with van der Waals surface area (Å²) in [5, 5.41) is 10.3. The molecule has 3 heteroatoms. The second kappa shape index (κ2) is 5.94. The number of halogens is 1. The van der Waals surface area contributed by atoms with Crippen molar-refractivity contribution >= 4 is 17.3 Å². The molecule has 1 aliphatic heterocycles. The third-order valence-corrected chi connectivity index (χ3v) is 4.14. The first-order valence-corrected chi connectivity index (χ1v) is 7.18. The number of aliphatic hydroxyl groups is 1. The molecule has 2 unspecified atom stereocenters. The fourth-order valence-electron chi connectivity index (χ4n) is 2.57. The molecule has 0 amide bonds. The van der Waals surface area contributed by atoms with Gasteiger partial charge in [0.25, 0.3) is 0 Å². The van der Waals surface area contributed by atoms with Gasteiger partial charge in [0.05, 0.1) is 6.10 Å². The summed E-state index contributed by atoms with van der Waals surface area (Å²) in [6, 6.07) is 6.00. The fraction of sp³-hybridized carbons (Fsp3) is 0.600. The first-order chi connectivity index (χ1) is 8.58. The zero-order valence-electron chi connectivity index (χ0n) is 11.2. The first-order valence-electron chi connectivity index (χ1n) is 6.80. The van der Waals surface area contributed by atoms with Crippen LogP contribution >= 0.6 is 11.6 Å². The maximum Gasteiger partial charge on any atom is 0.0776 e. The topological polar surface area (TPSA) is 23.5 Å². The predicted molar refractivity (Wildman–Crippen MR) is 77.3 cm³/mol. The molecule has 0 aromatic heterocycles. The predicted octanol–water partition coefficient (Wildman–Crippen LogP) is 4.02. The third kappa shape index (κ3) is 3.18. The normalized spacial score (nSPS) is 22.7. The molecule has 1 aromatic rings. The highest BCUT2D eigenvalue weighted by atomic mass is 35.5. The molecule has 0 aliphatic carbocycles. The number of anilines is 1. The monoisotopic (exact) mass is 267 g/mol. The molecule has 1 fully saturated rings. The molecule has 100 valence electrons. The Kier molecular flexibility index (Phi) is 4.52. The van der Waals surface area contributed by atoms with Crippen molar-refractivity contribution in [2.75, 3.05) is 18.0 Å². The lowest BCUT2D eigenvalue weighted by molar-refractivity contribution is 0.199. The van der Waals surface area contributed by atoms with Crippen LogP contribution in [0.5, 0.6) is 0 Å². The van der Waals surface area contributed by atoms with Gasteiger partial charge in [-0.3, -0.25) is 0 Å². The van der Waals surface area contributed by atoms with E-state index in [1.165, 1.54) is 24.9 Å². The molecule has 1 aromatic carbocycles. The minimum atomic E-state index is -0.504. The van der Waals surface area contributed by atoms with Gasteiger partial charge < -0.3 is 10.0 Å². The summed E-state index contributed by atoms with van der Waals surface area (Å²) in [5.41, 5.74) is 1.99. The van der Waals surface area contributed by atoms with Gasteiger partial charge >= 0.3 is 0 Å². The summed E-state index contributed by atoms with van der Waals surface area (Å²) in [7, 11) is 0. The van der Waals surface area contributed by atoms with E-state index >= 15 is 0 Å². The number of benzene rings is 1. The highest BCUT2D eigenvalue weighted by molar-refractivity contribution is 6.31. The second-order valence-corrected chi connectivity index (χ2v) is 5.81.